The lowest BCUT2D eigenvalue weighted by molar-refractivity contribution is 0.234. The van der Waals surface area contributed by atoms with Crippen LogP contribution < -0.4 is 4.74 Å². The predicted octanol–water partition coefficient (Wildman–Crippen LogP) is 2.42. The van der Waals surface area contributed by atoms with Gasteiger partial charge in [-0.05, 0) is 47.2 Å². The minimum Gasteiger partial charge on any atom is -0.465 e. The number of hydrogen-bond acceptors (Lipinski definition) is 2. The Hall–Kier alpha value is -0.780. The standard InChI is InChI=1S/C10H9IN2O/c11-7-2-3-8-9(6-7)13-4-1-5-14-10(13)12-8/h2-3,6H,1,4-5H2. The highest BCUT2D eigenvalue weighted by molar-refractivity contribution is 14.1. The first-order valence-corrected chi connectivity index (χ1v) is 5.71. The van der Waals surface area contributed by atoms with E-state index < -0.39 is 0 Å². The topological polar surface area (TPSA) is 27.1 Å². The molecule has 4 heteroatoms. The molecule has 0 saturated heterocycles. The van der Waals surface area contributed by atoms with Crippen LogP contribution in [0.4, 0.5) is 0 Å². The number of rotatable bonds is 0. The maximum absolute atomic E-state index is 5.50. The van der Waals surface area contributed by atoms with Gasteiger partial charge >= 0.3 is 0 Å². The summed E-state index contributed by atoms with van der Waals surface area (Å²) in [5.41, 5.74) is 2.22. The molecule has 2 aromatic rings. The minimum atomic E-state index is 0.772. The molecule has 0 N–H and O–H groups in total. The van der Waals surface area contributed by atoms with E-state index in [2.05, 4.69) is 44.3 Å². The molecule has 1 aliphatic heterocycles. The SMILES string of the molecule is Ic1ccc2nc3n(c2c1)CCCO3. The largest absolute Gasteiger partial charge is 0.465 e. The molecular weight excluding hydrogens is 291 g/mol. The Kier molecular flexibility index (Phi) is 1.90. The predicted molar refractivity (Wildman–Crippen MR) is 62.6 cm³/mol. The summed E-state index contributed by atoms with van der Waals surface area (Å²) in [6, 6.07) is 7.04. The first kappa shape index (κ1) is 8.52. The van der Waals surface area contributed by atoms with Crippen LogP contribution in [0.3, 0.4) is 0 Å². The molecule has 1 aliphatic rings. The molecule has 0 atom stereocenters. The zero-order valence-electron chi connectivity index (χ0n) is 7.53. The summed E-state index contributed by atoms with van der Waals surface area (Å²) in [6.45, 7) is 1.81. The molecular formula is C10H9IN2O. The fourth-order valence-electron chi connectivity index (χ4n) is 1.79. The smallest absolute Gasteiger partial charge is 0.297 e. The van der Waals surface area contributed by atoms with Crippen LogP contribution in [-0.2, 0) is 6.54 Å². The fourth-order valence-corrected chi connectivity index (χ4v) is 2.26. The maximum Gasteiger partial charge on any atom is 0.297 e. The number of nitrogens with zero attached hydrogens (tertiary/aromatic N) is 2. The van der Waals surface area contributed by atoms with Crippen LogP contribution in [0.2, 0.25) is 0 Å². The zero-order chi connectivity index (χ0) is 9.54. The maximum atomic E-state index is 5.50. The number of imidazole rings is 1. The average molecular weight is 300 g/mol. The van der Waals surface area contributed by atoms with E-state index >= 15 is 0 Å². The molecule has 14 heavy (non-hydrogen) atoms. The van der Waals surface area contributed by atoms with Gasteiger partial charge in [-0.25, -0.2) is 0 Å². The summed E-state index contributed by atoms with van der Waals surface area (Å²) in [6.07, 6.45) is 1.07. The number of benzene rings is 1. The van der Waals surface area contributed by atoms with Gasteiger partial charge in [-0.2, -0.15) is 4.98 Å². The third kappa shape index (κ3) is 1.20. The number of fused-ring (bicyclic) bond motifs is 3. The first-order valence-electron chi connectivity index (χ1n) is 4.63. The van der Waals surface area contributed by atoms with Crippen molar-refractivity contribution in [2.75, 3.05) is 6.61 Å². The highest BCUT2D eigenvalue weighted by Crippen LogP contribution is 2.25. The van der Waals surface area contributed by atoms with Crippen LogP contribution >= 0.6 is 22.6 Å². The Morgan fingerprint density at radius 2 is 2.36 bits per heavy atom. The third-order valence-electron chi connectivity index (χ3n) is 2.43. The van der Waals surface area contributed by atoms with Gasteiger partial charge in [0.25, 0.3) is 6.01 Å². The lowest BCUT2D eigenvalue weighted by Gasteiger charge is -2.14. The molecule has 0 radical (unpaired) electrons. The first-order chi connectivity index (χ1) is 6.84. The summed E-state index contributed by atoms with van der Waals surface area (Å²) >= 11 is 2.32. The van der Waals surface area contributed by atoms with Crippen molar-refractivity contribution in [1.29, 1.82) is 0 Å². The number of aromatic nitrogens is 2. The quantitative estimate of drug-likeness (QED) is 0.699. The average Bonchev–Trinajstić information content (AvgIpc) is 2.56. The van der Waals surface area contributed by atoms with Crippen LogP contribution in [0.15, 0.2) is 18.2 Å². The number of halogens is 1. The van der Waals surface area contributed by atoms with Gasteiger partial charge in [-0.3, -0.25) is 4.57 Å². The van der Waals surface area contributed by atoms with Crippen molar-refractivity contribution in [3.8, 4) is 6.01 Å². The Morgan fingerprint density at radius 3 is 3.29 bits per heavy atom. The molecule has 0 fully saturated rings. The molecule has 0 bridgehead atoms. The monoisotopic (exact) mass is 300 g/mol. The molecule has 1 aromatic heterocycles. The van der Waals surface area contributed by atoms with E-state index in [1.54, 1.807) is 0 Å². The highest BCUT2D eigenvalue weighted by atomic mass is 127. The van der Waals surface area contributed by atoms with Crippen LogP contribution in [0, 0.1) is 3.57 Å². The van der Waals surface area contributed by atoms with Crippen molar-refractivity contribution >= 4 is 33.6 Å². The summed E-state index contributed by atoms with van der Waals surface area (Å²) < 4.78 is 8.89. The van der Waals surface area contributed by atoms with Gasteiger partial charge in [0.2, 0.25) is 0 Å². The van der Waals surface area contributed by atoms with Gasteiger partial charge < -0.3 is 4.74 Å². The third-order valence-corrected chi connectivity index (χ3v) is 3.10. The van der Waals surface area contributed by atoms with Crippen molar-refractivity contribution in [2.24, 2.45) is 0 Å². The van der Waals surface area contributed by atoms with Gasteiger partial charge in [0.15, 0.2) is 0 Å². The highest BCUT2D eigenvalue weighted by Gasteiger charge is 2.15. The van der Waals surface area contributed by atoms with Crippen LogP contribution in [-0.4, -0.2) is 16.2 Å². The van der Waals surface area contributed by atoms with Crippen molar-refractivity contribution < 1.29 is 4.74 Å². The lowest BCUT2D eigenvalue weighted by atomic mass is 10.3. The second-order valence-electron chi connectivity index (χ2n) is 3.38. The van der Waals surface area contributed by atoms with E-state index in [1.165, 1.54) is 9.09 Å². The summed E-state index contributed by atoms with van der Waals surface area (Å²) in [5, 5.41) is 0. The Balaban J connectivity index is 2.32. The zero-order valence-corrected chi connectivity index (χ0v) is 9.69. The molecule has 0 saturated carbocycles. The van der Waals surface area contributed by atoms with Gasteiger partial charge in [-0.1, -0.05) is 0 Å². The van der Waals surface area contributed by atoms with E-state index in [0.29, 0.717) is 0 Å². The summed E-state index contributed by atoms with van der Waals surface area (Å²) in [4.78, 5) is 4.43. The lowest BCUT2D eigenvalue weighted by Crippen LogP contribution is -2.13. The normalized spacial score (nSPS) is 15.2. The second kappa shape index (κ2) is 3.12. The molecule has 0 unspecified atom stereocenters. The van der Waals surface area contributed by atoms with Gasteiger partial charge in [0.1, 0.15) is 0 Å². The number of hydrogen-bond donors (Lipinski definition) is 0. The molecule has 0 aliphatic carbocycles. The van der Waals surface area contributed by atoms with Crippen LogP contribution in [0.1, 0.15) is 6.42 Å². The van der Waals surface area contributed by atoms with Gasteiger partial charge in [0, 0.05) is 10.1 Å². The van der Waals surface area contributed by atoms with Gasteiger partial charge in [-0.15, -0.1) is 0 Å². The second-order valence-corrected chi connectivity index (χ2v) is 4.63. The fraction of sp³-hybridized carbons (Fsp3) is 0.300. The molecule has 3 rings (SSSR count). The summed E-state index contributed by atoms with van der Waals surface area (Å²) in [7, 11) is 0. The Bertz CT molecular complexity index is 492. The van der Waals surface area contributed by atoms with Crippen LogP contribution in [0.25, 0.3) is 11.0 Å². The minimum absolute atomic E-state index is 0.772. The Labute approximate surface area is 95.2 Å². The number of aryl methyl sites for hydroxylation is 1. The molecule has 1 aromatic carbocycles. The van der Waals surface area contributed by atoms with Gasteiger partial charge in [0.05, 0.1) is 17.6 Å². The molecule has 0 spiro atoms. The van der Waals surface area contributed by atoms with Crippen molar-refractivity contribution in [2.45, 2.75) is 13.0 Å². The van der Waals surface area contributed by atoms with E-state index in [4.69, 9.17) is 4.74 Å². The van der Waals surface area contributed by atoms with E-state index in [9.17, 15) is 0 Å². The Morgan fingerprint density at radius 1 is 1.43 bits per heavy atom. The molecule has 72 valence electrons. The summed E-state index contributed by atoms with van der Waals surface area (Å²) in [5.74, 6) is 0. The van der Waals surface area contributed by atoms with Crippen molar-refractivity contribution in [3.63, 3.8) is 0 Å². The number of ether oxygens (including phenoxy) is 1. The van der Waals surface area contributed by atoms with Crippen molar-refractivity contribution in [1.82, 2.24) is 9.55 Å². The van der Waals surface area contributed by atoms with E-state index in [1.807, 2.05) is 6.07 Å². The van der Waals surface area contributed by atoms with E-state index in [-0.39, 0.29) is 0 Å². The van der Waals surface area contributed by atoms with E-state index in [0.717, 1.165) is 31.1 Å². The van der Waals surface area contributed by atoms with Crippen molar-refractivity contribution in [3.05, 3.63) is 21.8 Å². The molecule has 2 heterocycles. The molecule has 3 nitrogen and oxygen atoms in total. The molecule has 0 amide bonds. The van der Waals surface area contributed by atoms with Crippen LogP contribution in [0.5, 0.6) is 6.01 Å².